The molecule has 0 aromatic heterocycles. The van der Waals surface area contributed by atoms with Gasteiger partial charge in [-0.1, -0.05) is 57.3 Å². The molecule has 3 aromatic rings. The zero-order chi connectivity index (χ0) is 19.2. The summed E-state index contributed by atoms with van der Waals surface area (Å²) in [7, 11) is 0. The fourth-order valence-electron chi connectivity index (χ4n) is 2.23. The Hall–Kier alpha value is -2.21. The summed E-state index contributed by atoms with van der Waals surface area (Å²) in [6.07, 6.45) is 0. The lowest BCUT2D eigenvalue weighted by molar-refractivity contribution is -0.118. The van der Waals surface area contributed by atoms with Crippen molar-refractivity contribution < 1.29 is 14.3 Å². The Bertz CT molecular complexity index is 951. The van der Waals surface area contributed by atoms with Gasteiger partial charge in [0.15, 0.2) is 12.4 Å². The van der Waals surface area contributed by atoms with Crippen molar-refractivity contribution in [2.24, 2.45) is 0 Å². The first kappa shape index (κ1) is 19.5. The second-order valence-corrected chi connectivity index (χ2v) is 7.23. The van der Waals surface area contributed by atoms with Gasteiger partial charge < -0.3 is 14.8 Å². The third kappa shape index (κ3) is 5.63. The van der Waals surface area contributed by atoms with Crippen LogP contribution in [-0.4, -0.2) is 12.5 Å². The van der Waals surface area contributed by atoms with Gasteiger partial charge in [0.05, 0.1) is 10.7 Å². The minimum absolute atomic E-state index is 0.210. The van der Waals surface area contributed by atoms with Crippen LogP contribution in [0.2, 0.25) is 10.0 Å². The van der Waals surface area contributed by atoms with E-state index >= 15 is 0 Å². The van der Waals surface area contributed by atoms with Crippen LogP contribution in [0.25, 0.3) is 0 Å². The first-order valence-corrected chi connectivity index (χ1v) is 9.46. The Balaban J connectivity index is 1.68. The van der Waals surface area contributed by atoms with Crippen molar-refractivity contribution in [2.45, 2.75) is 0 Å². The van der Waals surface area contributed by atoms with Crippen LogP contribution in [0.1, 0.15) is 0 Å². The van der Waals surface area contributed by atoms with Gasteiger partial charge in [0.1, 0.15) is 11.5 Å². The highest BCUT2D eigenvalue weighted by Crippen LogP contribution is 2.32. The average Bonchev–Trinajstić information content (AvgIpc) is 2.64. The minimum Gasteiger partial charge on any atom is -0.482 e. The summed E-state index contributed by atoms with van der Waals surface area (Å²) >= 11 is 15.5. The molecule has 27 heavy (non-hydrogen) atoms. The van der Waals surface area contributed by atoms with Crippen molar-refractivity contribution in [3.63, 3.8) is 0 Å². The largest absolute Gasteiger partial charge is 0.482 e. The molecule has 0 heterocycles. The van der Waals surface area contributed by atoms with Crippen LogP contribution < -0.4 is 14.8 Å². The number of para-hydroxylation sites is 1. The van der Waals surface area contributed by atoms with E-state index in [1.165, 1.54) is 0 Å². The van der Waals surface area contributed by atoms with Gasteiger partial charge >= 0.3 is 0 Å². The van der Waals surface area contributed by atoms with Crippen LogP contribution in [0.5, 0.6) is 17.2 Å². The third-order valence-corrected chi connectivity index (χ3v) is 4.46. The highest BCUT2D eigenvalue weighted by molar-refractivity contribution is 9.10. The van der Waals surface area contributed by atoms with Gasteiger partial charge in [-0.05, 0) is 48.5 Å². The van der Waals surface area contributed by atoms with E-state index in [0.29, 0.717) is 33.0 Å². The number of hydrogen-bond acceptors (Lipinski definition) is 3. The molecule has 0 aliphatic rings. The lowest BCUT2D eigenvalue weighted by atomic mass is 10.2. The first-order chi connectivity index (χ1) is 13.0. The molecular weight excluding hydrogens is 453 g/mol. The number of carbonyl (C=O) groups is 1. The molecule has 4 nitrogen and oxygen atoms in total. The molecule has 0 fully saturated rings. The van der Waals surface area contributed by atoms with Crippen molar-refractivity contribution in [1.82, 2.24) is 0 Å². The SMILES string of the molecule is O=C(COc1ccc(Br)cc1Cl)Nc1cc(Cl)ccc1Oc1ccccc1. The molecule has 1 N–H and O–H groups in total. The molecule has 0 atom stereocenters. The van der Waals surface area contributed by atoms with E-state index in [9.17, 15) is 4.79 Å². The summed E-state index contributed by atoms with van der Waals surface area (Å²) < 4.78 is 12.1. The molecule has 0 unspecified atom stereocenters. The predicted octanol–water partition coefficient (Wildman–Crippen LogP) is 6.57. The van der Waals surface area contributed by atoms with Gasteiger partial charge in [-0.15, -0.1) is 0 Å². The normalized spacial score (nSPS) is 10.3. The topological polar surface area (TPSA) is 47.6 Å². The molecular formula is C20H14BrCl2NO3. The van der Waals surface area contributed by atoms with E-state index in [0.717, 1.165) is 4.47 Å². The van der Waals surface area contributed by atoms with Gasteiger partial charge in [0, 0.05) is 9.50 Å². The van der Waals surface area contributed by atoms with Crippen molar-refractivity contribution in [1.29, 1.82) is 0 Å². The zero-order valence-electron chi connectivity index (χ0n) is 13.9. The summed E-state index contributed by atoms with van der Waals surface area (Å²) in [5.41, 5.74) is 0.446. The molecule has 0 saturated carbocycles. The number of benzene rings is 3. The van der Waals surface area contributed by atoms with Gasteiger partial charge in [0.2, 0.25) is 0 Å². The van der Waals surface area contributed by atoms with Gasteiger partial charge in [-0.3, -0.25) is 4.79 Å². The van der Waals surface area contributed by atoms with Crippen LogP contribution in [-0.2, 0) is 4.79 Å². The fourth-order valence-corrected chi connectivity index (χ4v) is 3.13. The van der Waals surface area contributed by atoms with Gasteiger partial charge in [0.25, 0.3) is 5.91 Å². The van der Waals surface area contributed by atoms with Crippen LogP contribution in [0.3, 0.4) is 0 Å². The van der Waals surface area contributed by atoms with Crippen LogP contribution >= 0.6 is 39.1 Å². The summed E-state index contributed by atoms with van der Waals surface area (Å²) in [5, 5.41) is 3.63. The van der Waals surface area contributed by atoms with E-state index in [4.69, 9.17) is 32.7 Å². The van der Waals surface area contributed by atoms with Gasteiger partial charge in [-0.2, -0.15) is 0 Å². The molecule has 3 rings (SSSR count). The maximum atomic E-state index is 12.3. The molecule has 3 aromatic carbocycles. The van der Waals surface area contributed by atoms with E-state index in [1.807, 2.05) is 30.3 Å². The van der Waals surface area contributed by atoms with Crippen molar-refractivity contribution in [3.8, 4) is 17.2 Å². The number of ether oxygens (including phenoxy) is 2. The summed E-state index contributed by atoms with van der Waals surface area (Å²) in [6, 6.07) is 19.4. The monoisotopic (exact) mass is 465 g/mol. The first-order valence-electron chi connectivity index (χ1n) is 7.91. The summed E-state index contributed by atoms with van der Waals surface area (Å²) in [5.74, 6) is 1.17. The minimum atomic E-state index is -0.367. The second-order valence-electron chi connectivity index (χ2n) is 5.47. The summed E-state index contributed by atoms with van der Waals surface area (Å²) in [6.45, 7) is -0.210. The molecule has 0 saturated heterocycles. The number of carbonyl (C=O) groups excluding carboxylic acids is 1. The van der Waals surface area contributed by atoms with Crippen molar-refractivity contribution >= 4 is 50.7 Å². The molecule has 0 aliphatic carbocycles. The standard InChI is InChI=1S/C20H14BrCl2NO3/c21-13-6-8-18(16(23)10-13)26-12-20(25)24-17-11-14(22)7-9-19(17)27-15-4-2-1-3-5-15/h1-11H,12H2,(H,24,25). The lowest BCUT2D eigenvalue weighted by Crippen LogP contribution is -2.20. The van der Waals surface area contributed by atoms with Crippen molar-refractivity contribution in [3.05, 3.63) is 81.2 Å². The van der Waals surface area contributed by atoms with E-state index < -0.39 is 0 Å². The number of amides is 1. The number of halogens is 3. The van der Waals surface area contributed by atoms with Crippen molar-refractivity contribution in [2.75, 3.05) is 11.9 Å². The van der Waals surface area contributed by atoms with E-state index in [-0.39, 0.29) is 12.5 Å². The average molecular weight is 467 g/mol. The maximum Gasteiger partial charge on any atom is 0.262 e. The number of hydrogen-bond donors (Lipinski definition) is 1. The molecule has 0 spiro atoms. The number of rotatable bonds is 6. The molecule has 0 radical (unpaired) electrons. The third-order valence-electron chi connectivity index (χ3n) is 3.44. The van der Waals surface area contributed by atoms with Crippen LogP contribution in [0.4, 0.5) is 5.69 Å². The molecule has 1 amide bonds. The Morgan fingerprint density at radius 3 is 2.44 bits per heavy atom. The Kier molecular flexibility index (Phi) is 6.61. The quantitative estimate of drug-likeness (QED) is 0.447. The molecule has 138 valence electrons. The maximum absolute atomic E-state index is 12.3. The Morgan fingerprint density at radius 1 is 0.963 bits per heavy atom. The lowest BCUT2D eigenvalue weighted by Gasteiger charge is -2.13. The smallest absolute Gasteiger partial charge is 0.262 e. The molecule has 7 heteroatoms. The van der Waals surface area contributed by atoms with E-state index in [2.05, 4.69) is 21.2 Å². The Morgan fingerprint density at radius 2 is 1.70 bits per heavy atom. The number of anilines is 1. The van der Waals surface area contributed by atoms with Crippen LogP contribution in [0.15, 0.2) is 71.2 Å². The second kappa shape index (κ2) is 9.13. The number of nitrogens with one attached hydrogen (secondary N) is 1. The fraction of sp³-hybridized carbons (Fsp3) is 0.0500. The van der Waals surface area contributed by atoms with Crippen LogP contribution in [0, 0.1) is 0 Å². The Labute approximate surface area is 175 Å². The highest BCUT2D eigenvalue weighted by atomic mass is 79.9. The zero-order valence-corrected chi connectivity index (χ0v) is 17.0. The van der Waals surface area contributed by atoms with Gasteiger partial charge in [-0.25, -0.2) is 0 Å². The summed E-state index contributed by atoms with van der Waals surface area (Å²) in [4.78, 5) is 12.3. The molecule has 0 aliphatic heterocycles. The van der Waals surface area contributed by atoms with E-state index in [1.54, 1.807) is 36.4 Å². The predicted molar refractivity (Wildman–Crippen MR) is 111 cm³/mol. The highest BCUT2D eigenvalue weighted by Gasteiger charge is 2.12. The molecule has 0 bridgehead atoms.